The van der Waals surface area contributed by atoms with E-state index in [9.17, 15) is 9.18 Å². The molecule has 1 amide bonds. The van der Waals surface area contributed by atoms with Gasteiger partial charge >= 0.3 is 0 Å². The SMILES string of the molecule is Cn1c(SCC(=O)NC(c2ccc(F)cc2)c2cccs2)nnc1-c1ccco1. The number of benzene rings is 1. The quantitative estimate of drug-likeness (QED) is 0.445. The van der Waals surface area contributed by atoms with E-state index < -0.39 is 0 Å². The van der Waals surface area contributed by atoms with E-state index in [2.05, 4.69) is 15.5 Å². The summed E-state index contributed by atoms with van der Waals surface area (Å²) in [6.07, 6.45) is 1.57. The third-order valence-electron chi connectivity index (χ3n) is 4.25. The van der Waals surface area contributed by atoms with Gasteiger partial charge in [0, 0.05) is 11.9 Å². The van der Waals surface area contributed by atoms with Crippen molar-refractivity contribution >= 4 is 29.0 Å². The van der Waals surface area contributed by atoms with Gasteiger partial charge in [0.2, 0.25) is 5.91 Å². The fourth-order valence-electron chi connectivity index (χ4n) is 2.82. The number of carbonyl (C=O) groups is 1. The number of thiophene rings is 1. The van der Waals surface area contributed by atoms with Crippen LogP contribution in [0.25, 0.3) is 11.6 Å². The lowest BCUT2D eigenvalue weighted by Gasteiger charge is -2.18. The number of hydrogen-bond donors (Lipinski definition) is 1. The number of aromatic nitrogens is 3. The van der Waals surface area contributed by atoms with Gasteiger partial charge in [0.1, 0.15) is 5.82 Å². The van der Waals surface area contributed by atoms with Crippen molar-refractivity contribution in [2.24, 2.45) is 7.05 Å². The Bertz CT molecular complexity index is 1080. The molecule has 1 aromatic carbocycles. The van der Waals surface area contributed by atoms with Crippen LogP contribution >= 0.6 is 23.1 Å². The van der Waals surface area contributed by atoms with E-state index in [1.807, 2.05) is 24.6 Å². The van der Waals surface area contributed by atoms with Gasteiger partial charge in [-0.3, -0.25) is 4.79 Å². The molecule has 9 heteroatoms. The maximum atomic E-state index is 13.3. The molecule has 0 aliphatic rings. The van der Waals surface area contributed by atoms with Gasteiger partial charge in [0.25, 0.3) is 0 Å². The lowest BCUT2D eigenvalue weighted by Crippen LogP contribution is -2.30. The van der Waals surface area contributed by atoms with Gasteiger partial charge in [0.05, 0.1) is 18.1 Å². The van der Waals surface area contributed by atoms with Crippen molar-refractivity contribution in [3.05, 3.63) is 76.4 Å². The molecular formula is C20H17FN4O2S2. The van der Waals surface area contributed by atoms with Crippen LogP contribution in [0, 0.1) is 5.82 Å². The second-order valence-corrected chi connectivity index (χ2v) is 8.12. The number of nitrogens with zero attached hydrogens (tertiary/aromatic N) is 3. The summed E-state index contributed by atoms with van der Waals surface area (Å²) in [5, 5.41) is 13.9. The van der Waals surface area contributed by atoms with E-state index >= 15 is 0 Å². The van der Waals surface area contributed by atoms with Gasteiger partial charge < -0.3 is 14.3 Å². The first-order valence-corrected chi connectivity index (χ1v) is 10.6. The first-order valence-electron chi connectivity index (χ1n) is 8.76. The first-order chi connectivity index (χ1) is 14.1. The Kier molecular flexibility index (Phi) is 5.77. The Balaban J connectivity index is 1.44. The van der Waals surface area contributed by atoms with Crippen LogP contribution in [0.15, 0.2) is 69.7 Å². The largest absolute Gasteiger partial charge is 0.461 e. The average Bonchev–Trinajstić information content (AvgIpc) is 3.48. The zero-order chi connectivity index (χ0) is 20.2. The van der Waals surface area contributed by atoms with Crippen LogP contribution in [0.3, 0.4) is 0 Å². The smallest absolute Gasteiger partial charge is 0.231 e. The zero-order valence-electron chi connectivity index (χ0n) is 15.4. The van der Waals surface area contributed by atoms with Gasteiger partial charge in [-0.25, -0.2) is 4.39 Å². The van der Waals surface area contributed by atoms with Crippen LogP contribution in [0.2, 0.25) is 0 Å². The molecule has 1 N–H and O–H groups in total. The standard InChI is InChI=1S/C20H17FN4O2S2/c1-25-19(15-4-2-10-27-15)23-24-20(25)29-12-17(26)22-18(16-5-3-11-28-16)13-6-8-14(21)9-7-13/h2-11,18H,12H2,1H3,(H,22,26). The monoisotopic (exact) mass is 428 g/mol. The molecule has 0 saturated heterocycles. The maximum Gasteiger partial charge on any atom is 0.231 e. The van der Waals surface area contributed by atoms with Crippen molar-refractivity contribution in [2.45, 2.75) is 11.2 Å². The van der Waals surface area contributed by atoms with Crippen LogP contribution in [-0.4, -0.2) is 26.4 Å². The predicted molar refractivity (Wildman–Crippen MR) is 110 cm³/mol. The summed E-state index contributed by atoms with van der Waals surface area (Å²) in [5.74, 6) is 0.925. The zero-order valence-corrected chi connectivity index (χ0v) is 17.0. The molecule has 29 heavy (non-hydrogen) atoms. The van der Waals surface area contributed by atoms with Gasteiger partial charge in [-0.15, -0.1) is 21.5 Å². The van der Waals surface area contributed by atoms with E-state index in [1.165, 1.54) is 35.2 Å². The molecular weight excluding hydrogens is 411 g/mol. The van der Waals surface area contributed by atoms with Crippen molar-refractivity contribution in [3.8, 4) is 11.6 Å². The molecule has 4 aromatic rings. The summed E-state index contributed by atoms with van der Waals surface area (Å²) in [4.78, 5) is 13.6. The minimum absolute atomic E-state index is 0.153. The highest BCUT2D eigenvalue weighted by atomic mass is 32.2. The van der Waals surface area contributed by atoms with Crippen LogP contribution in [0.4, 0.5) is 4.39 Å². The van der Waals surface area contributed by atoms with Gasteiger partial charge in [0.15, 0.2) is 16.7 Å². The molecule has 148 valence electrons. The van der Waals surface area contributed by atoms with Crippen molar-refractivity contribution in [1.29, 1.82) is 0 Å². The highest BCUT2D eigenvalue weighted by molar-refractivity contribution is 7.99. The molecule has 3 heterocycles. The van der Waals surface area contributed by atoms with E-state index in [1.54, 1.807) is 35.1 Å². The highest BCUT2D eigenvalue weighted by Gasteiger charge is 2.19. The number of amides is 1. The third-order valence-corrected chi connectivity index (χ3v) is 6.20. The minimum Gasteiger partial charge on any atom is -0.461 e. The van der Waals surface area contributed by atoms with Gasteiger partial charge in [-0.05, 0) is 41.3 Å². The molecule has 0 radical (unpaired) electrons. The fraction of sp³-hybridized carbons (Fsp3) is 0.150. The second-order valence-electron chi connectivity index (χ2n) is 6.20. The lowest BCUT2D eigenvalue weighted by molar-refractivity contribution is -0.119. The molecule has 0 fully saturated rings. The third kappa shape index (κ3) is 4.41. The molecule has 0 bridgehead atoms. The summed E-state index contributed by atoms with van der Waals surface area (Å²) in [6.45, 7) is 0. The fourth-order valence-corrected chi connectivity index (χ4v) is 4.35. The minimum atomic E-state index is -0.332. The summed E-state index contributed by atoms with van der Waals surface area (Å²) in [5.41, 5.74) is 0.825. The molecule has 0 spiro atoms. The molecule has 0 aliphatic carbocycles. The number of furan rings is 1. The topological polar surface area (TPSA) is 73.0 Å². The molecule has 3 aromatic heterocycles. The van der Waals surface area contributed by atoms with Crippen LogP contribution < -0.4 is 5.32 Å². The van der Waals surface area contributed by atoms with E-state index in [0.29, 0.717) is 16.7 Å². The highest BCUT2D eigenvalue weighted by Crippen LogP contribution is 2.27. The number of hydrogen-bond acceptors (Lipinski definition) is 6. The average molecular weight is 429 g/mol. The number of halogens is 1. The molecule has 0 saturated carbocycles. The van der Waals surface area contributed by atoms with Crippen molar-refractivity contribution in [2.75, 3.05) is 5.75 Å². The first kappa shape index (κ1) is 19.4. The molecule has 0 aliphatic heterocycles. The Morgan fingerprint density at radius 3 is 2.76 bits per heavy atom. The normalized spacial score (nSPS) is 12.1. The van der Waals surface area contributed by atoms with Crippen molar-refractivity contribution in [3.63, 3.8) is 0 Å². The Labute approximate surface area is 174 Å². The summed E-state index contributed by atoms with van der Waals surface area (Å²) in [7, 11) is 1.82. The van der Waals surface area contributed by atoms with Crippen LogP contribution in [-0.2, 0) is 11.8 Å². The van der Waals surface area contributed by atoms with Crippen molar-refractivity contribution < 1.29 is 13.6 Å². The van der Waals surface area contributed by atoms with Crippen molar-refractivity contribution in [1.82, 2.24) is 20.1 Å². The summed E-state index contributed by atoms with van der Waals surface area (Å²) < 4.78 is 20.4. The number of nitrogens with one attached hydrogen (secondary N) is 1. The molecule has 4 rings (SSSR count). The number of thioether (sulfide) groups is 1. The van der Waals surface area contributed by atoms with Gasteiger partial charge in [-0.1, -0.05) is 30.0 Å². The lowest BCUT2D eigenvalue weighted by atomic mass is 10.1. The number of carbonyl (C=O) groups excluding carboxylic acids is 1. The molecule has 1 unspecified atom stereocenters. The van der Waals surface area contributed by atoms with Crippen LogP contribution in [0.5, 0.6) is 0 Å². The maximum absolute atomic E-state index is 13.3. The Morgan fingerprint density at radius 2 is 2.07 bits per heavy atom. The number of rotatable bonds is 7. The molecule has 6 nitrogen and oxygen atoms in total. The van der Waals surface area contributed by atoms with E-state index in [-0.39, 0.29) is 23.5 Å². The predicted octanol–water partition coefficient (Wildman–Crippen LogP) is 4.27. The molecule has 1 atom stereocenters. The van der Waals surface area contributed by atoms with E-state index in [4.69, 9.17) is 4.42 Å². The van der Waals surface area contributed by atoms with Gasteiger partial charge in [-0.2, -0.15) is 0 Å². The van der Waals surface area contributed by atoms with Crippen LogP contribution in [0.1, 0.15) is 16.5 Å². The summed E-state index contributed by atoms with van der Waals surface area (Å²) >= 11 is 2.83. The Hall–Kier alpha value is -2.91. The summed E-state index contributed by atoms with van der Waals surface area (Å²) in [6, 6.07) is 13.3. The Morgan fingerprint density at radius 1 is 1.24 bits per heavy atom. The van der Waals surface area contributed by atoms with E-state index in [0.717, 1.165) is 10.4 Å². The second kappa shape index (κ2) is 8.62.